The number of ether oxygens (including phenoxy) is 1. The molecule has 0 radical (unpaired) electrons. The highest BCUT2D eigenvalue weighted by Crippen LogP contribution is 2.35. The Morgan fingerprint density at radius 1 is 1.62 bits per heavy atom. The number of carbonyl (C=O) groups is 1. The molecule has 1 aromatic heterocycles. The molecule has 1 fully saturated rings. The molecule has 0 aliphatic heterocycles. The fraction of sp³-hybridized carbons (Fsp3) is 0.400. The van der Waals surface area contributed by atoms with E-state index >= 15 is 0 Å². The summed E-state index contributed by atoms with van der Waals surface area (Å²) < 4.78 is 21.6. The van der Waals surface area contributed by atoms with Gasteiger partial charge in [-0.3, -0.25) is 14.5 Å². The molecule has 0 bridgehead atoms. The van der Waals surface area contributed by atoms with Crippen molar-refractivity contribution >= 4 is 34.1 Å². The van der Waals surface area contributed by atoms with Crippen molar-refractivity contribution < 1.29 is 13.9 Å². The summed E-state index contributed by atoms with van der Waals surface area (Å²) in [6.45, 7) is 1.89. The molecule has 0 spiro atoms. The molecule has 128 valence electrons. The first-order valence-electron chi connectivity index (χ1n) is 7.51. The molecule has 1 unspecified atom stereocenters. The lowest BCUT2D eigenvalue weighted by molar-refractivity contribution is -0.127. The Bertz CT molecular complexity index is 818. The summed E-state index contributed by atoms with van der Waals surface area (Å²) in [7, 11) is 0. The number of aromatic amines is 1. The van der Waals surface area contributed by atoms with Gasteiger partial charge in [-0.05, 0) is 66.1 Å². The maximum absolute atomic E-state index is 13.1. The topological polar surface area (TPSA) is 71.9 Å². The van der Waals surface area contributed by atoms with Crippen LogP contribution in [0.25, 0.3) is 0 Å². The monoisotopic (exact) mass is 414 g/mol. The molecule has 24 heavy (non-hydrogen) atoms. The number of amides is 1. The molecule has 1 heterocycles. The van der Waals surface area contributed by atoms with Gasteiger partial charge in [-0.25, -0.2) is 4.39 Å². The molecule has 1 amide bonds. The van der Waals surface area contributed by atoms with E-state index in [0.717, 1.165) is 12.8 Å². The molecule has 9 heteroatoms. The number of benzene rings is 1. The summed E-state index contributed by atoms with van der Waals surface area (Å²) in [5.74, 6) is 0.433. The largest absolute Gasteiger partial charge is 0.480 e. The molecule has 2 N–H and O–H groups in total. The van der Waals surface area contributed by atoms with E-state index in [1.807, 2.05) is 4.57 Å². The average Bonchev–Trinajstić information content (AvgIpc) is 3.30. The Hall–Kier alpha value is -1.74. The SMILES string of the molecule is CC(Oc1ccc(F)cc1Br)C(=O)NCc1n[nH]c(=S)n1C1CC1. The minimum Gasteiger partial charge on any atom is -0.480 e. The van der Waals surface area contributed by atoms with E-state index in [-0.39, 0.29) is 18.3 Å². The summed E-state index contributed by atoms with van der Waals surface area (Å²) in [4.78, 5) is 12.2. The number of hydrogen-bond donors (Lipinski definition) is 2. The number of H-pyrrole nitrogens is 1. The summed E-state index contributed by atoms with van der Waals surface area (Å²) in [5.41, 5.74) is 0. The highest BCUT2D eigenvalue weighted by molar-refractivity contribution is 9.10. The minimum absolute atomic E-state index is 0.265. The first-order chi connectivity index (χ1) is 11.5. The van der Waals surface area contributed by atoms with E-state index in [2.05, 4.69) is 31.4 Å². The van der Waals surface area contributed by atoms with Crippen molar-refractivity contribution in [1.82, 2.24) is 20.1 Å². The molecule has 1 aliphatic carbocycles. The Labute approximate surface area is 151 Å². The zero-order valence-corrected chi connectivity index (χ0v) is 15.3. The van der Waals surface area contributed by atoms with Gasteiger partial charge in [0.25, 0.3) is 5.91 Å². The van der Waals surface area contributed by atoms with E-state index < -0.39 is 6.10 Å². The molecule has 1 aromatic carbocycles. The van der Waals surface area contributed by atoms with Crippen LogP contribution in [-0.4, -0.2) is 26.8 Å². The van der Waals surface area contributed by atoms with Crippen LogP contribution in [0.5, 0.6) is 5.75 Å². The van der Waals surface area contributed by atoms with Gasteiger partial charge in [0.1, 0.15) is 11.6 Å². The van der Waals surface area contributed by atoms with Gasteiger partial charge in [0.2, 0.25) is 0 Å². The standard InChI is InChI=1S/C15H16BrFN4O2S/c1-8(23-12-5-2-9(17)6-11(12)16)14(22)18-7-13-19-20-15(24)21(13)10-3-4-10/h2,5-6,8,10H,3-4,7H2,1H3,(H,18,22)(H,20,24). The maximum atomic E-state index is 13.1. The highest BCUT2D eigenvalue weighted by Gasteiger charge is 2.27. The number of hydrogen-bond acceptors (Lipinski definition) is 4. The third-order valence-corrected chi connectivity index (χ3v) is 4.58. The predicted molar refractivity (Wildman–Crippen MR) is 91.7 cm³/mol. The van der Waals surface area contributed by atoms with Crippen LogP contribution >= 0.6 is 28.1 Å². The van der Waals surface area contributed by atoms with Crippen LogP contribution in [0.2, 0.25) is 0 Å². The fourth-order valence-corrected chi connectivity index (χ4v) is 3.04. The van der Waals surface area contributed by atoms with Gasteiger partial charge < -0.3 is 10.1 Å². The van der Waals surface area contributed by atoms with Crippen LogP contribution in [0, 0.1) is 10.6 Å². The van der Waals surface area contributed by atoms with Gasteiger partial charge in [-0.15, -0.1) is 0 Å². The normalized spacial score (nSPS) is 15.1. The second-order valence-corrected chi connectivity index (χ2v) is 6.84. The Balaban J connectivity index is 1.59. The van der Waals surface area contributed by atoms with Crippen molar-refractivity contribution in [2.45, 2.75) is 38.5 Å². The number of nitrogens with one attached hydrogen (secondary N) is 2. The van der Waals surface area contributed by atoms with Crippen molar-refractivity contribution in [3.63, 3.8) is 0 Å². The number of nitrogens with zero attached hydrogens (tertiary/aromatic N) is 2. The van der Waals surface area contributed by atoms with Crippen molar-refractivity contribution in [1.29, 1.82) is 0 Å². The van der Waals surface area contributed by atoms with Gasteiger partial charge in [-0.2, -0.15) is 5.10 Å². The number of halogens is 2. The third-order valence-electron chi connectivity index (χ3n) is 3.68. The lowest BCUT2D eigenvalue weighted by Gasteiger charge is -2.15. The predicted octanol–water partition coefficient (Wildman–Crippen LogP) is 3.26. The van der Waals surface area contributed by atoms with Crippen molar-refractivity contribution in [3.05, 3.63) is 39.1 Å². The maximum Gasteiger partial charge on any atom is 0.261 e. The zero-order chi connectivity index (χ0) is 17.3. The quantitative estimate of drug-likeness (QED) is 0.711. The molecule has 1 aliphatic rings. The number of aromatic nitrogens is 3. The summed E-state index contributed by atoms with van der Waals surface area (Å²) in [5, 5.41) is 9.70. The molecule has 1 atom stereocenters. The van der Waals surface area contributed by atoms with Crippen molar-refractivity contribution in [3.8, 4) is 5.75 Å². The molecule has 0 saturated heterocycles. The second kappa shape index (κ2) is 7.02. The van der Waals surface area contributed by atoms with Crippen LogP contribution in [-0.2, 0) is 11.3 Å². The zero-order valence-electron chi connectivity index (χ0n) is 12.9. The Morgan fingerprint density at radius 3 is 3.04 bits per heavy atom. The van der Waals surface area contributed by atoms with Crippen molar-refractivity contribution in [2.75, 3.05) is 0 Å². The second-order valence-electron chi connectivity index (χ2n) is 5.60. The van der Waals surface area contributed by atoms with Crippen LogP contribution in [0.1, 0.15) is 31.6 Å². The van der Waals surface area contributed by atoms with Gasteiger partial charge in [0.15, 0.2) is 16.7 Å². The Morgan fingerprint density at radius 2 is 2.38 bits per heavy atom. The molecule has 3 rings (SSSR count). The third kappa shape index (κ3) is 3.84. The Kier molecular flexibility index (Phi) is 5.00. The summed E-state index contributed by atoms with van der Waals surface area (Å²) in [6.07, 6.45) is 1.42. The highest BCUT2D eigenvalue weighted by atomic mass is 79.9. The van der Waals surface area contributed by atoms with Crippen molar-refractivity contribution in [2.24, 2.45) is 0 Å². The van der Waals surface area contributed by atoms with Crippen LogP contribution in [0.4, 0.5) is 4.39 Å². The molecular formula is C15H16BrFN4O2S. The first kappa shape index (κ1) is 17.1. The summed E-state index contributed by atoms with van der Waals surface area (Å²) in [6, 6.07) is 4.42. The molecule has 6 nitrogen and oxygen atoms in total. The van der Waals surface area contributed by atoms with E-state index in [9.17, 15) is 9.18 Å². The van der Waals surface area contributed by atoms with Gasteiger partial charge >= 0.3 is 0 Å². The van der Waals surface area contributed by atoms with Gasteiger partial charge in [0.05, 0.1) is 11.0 Å². The number of rotatable bonds is 6. The lowest BCUT2D eigenvalue weighted by atomic mass is 10.3. The van der Waals surface area contributed by atoms with Crippen LogP contribution in [0.3, 0.4) is 0 Å². The molecule has 2 aromatic rings. The van der Waals surface area contributed by atoms with Gasteiger partial charge in [0, 0.05) is 6.04 Å². The minimum atomic E-state index is -0.733. The smallest absolute Gasteiger partial charge is 0.261 e. The van der Waals surface area contributed by atoms with Crippen LogP contribution in [0.15, 0.2) is 22.7 Å². The number of carbonyl (C=O) groups excluding carboxylic acids is 1. The summed E-state index contributed by atoms with van der Waals surface area (Å²) >= 11 is 8.41. The lowest BCUT2D eigenvalue weighted by Crippen LogP contribution is -2.36. The molecule has 1 saturated carbocycles. The average molecular weight is 415 g/mol. The van der Waals surface area contributed by atoms with E-state index in [1.165, 1.54) is 18.2 Å². The fourth-order valence-electron chi connectivity index (χ4n) is 2.30. The van der Waals surface area contributed by atoms with E-state index in [1.54, 1.807) is 6.92 Å². The van der Waals surface area contributed by atoms with Crippen LogP contribution < -0.4 is 10.1 Å². The van der Waals surface area contributed by atoms with Gasteiger partial charge in [-0.1, -0.05) is 0 Å². The van der Waals surface area contributed by atoms with E-state index in [0.29, 0.717) is 26.9 Å². The van der Waals surface area contributed by atoms with E-state index in [4.69, 9.17) is 17.0 Å². The first-order valence-corrected chi connectivity index (χ1v) is 8.71. The molecular weight excluding hydrogens is 399 g/mol.